The maximum atomic E-state index is 10.0. The Morgan fingerprint density at radius 2 is 2.12 bits per heavy atom. The number of hydrogen-bond donors (Lipinski definition) is 0. The maximum Gasteiger partial charge on any atom is 0.293 e. The second-order valence-electron chi connectivity index (χ2n) is 5.25. The van der Waals surface area contributed by atoms with E-state index >= 15 is 0 Å². The van der Waals surface area contributed by atoms with Crippen molar-refractivity contribution in [3.8, 4) is 0 Å². The molecular formula is C12H21NO4. The number of hydrogen-bond acceptors (Lipinski definition) is 5. The highest BCUT2D eigenvalue weighted by molar-refractivity contribution is 5.49. The van der Waals surface area contributed by atoms with Crippen molar-refractivity contribution >= 4 is 12.8 Å². The Bertz CT molecular complexity index is 274. The molecule has 0 aromatic carbocycles. The van der Waals surface area contributed by atoms with E-state index in [1.807, 2.05) is 20.8 Å². The molecule has 0 spiro atoms. The highest BCUT2D eigenvalue weighted by Crippen LogP contribution is 2.41. The van der Waals surface area contributed by atoms with Crippen LogP contribution in [0, 0.1) is 0 Å². The van der Waals surface area contributed by atoms with E-state index in [0.717, 1.165) is 32.4 Å². The van der Waals surface area contributed by atoms with Gasteiger partial charge in [0.25, 0.3) is 6.47 Å². The fourth-order valence-electron chi connectivity index (χ4n) is 1.77. The monoisotopic (exact) mass is 243 g/mol. The summed E-state index contributed by atoms with van der Waals surface area (Å²) in [5.41, 5.74) is -0.303. The van der Waals surface area contributed by atoms with Crippen LogP contribution in [-0.2, 0) is 19.1 Å². The lowest BCUT2D eigenvalue weighted by Crippen LogP contribution is -2.17. The molecule has 0 aromatic rings. The fraction of sp³-hybridized carbons (Fsp3) is 0.833. The van der Waals surface area contributed by atoms with Gasteiger partial charge in [-0.15, -0.1) is 0 Å². The molecule has 5 heteroatoms. The van der Waals surface area contributed by atoms with Gasteiger partial charge >= 0.3 is 0 Å². The van der Waals surface area contributed by atoms with Crippen molar-refractivity contribution in [2.45, 2.75) is 44.9 Å². The van der Waals surface area contributed by atoms with Gasteiger partial charge in [0, 0.05) is 19.5 Å². The lowest BCUT2D eigenvalue weighted by molar-refractivity contribution is -0.138. The Morgan fingerprint density at radius 3 is 2.41 bits per heavy atom. The average Bonchev–Trinajstić information content (AvgIpc) is 2.77. The number of morpholine rings is 1. The summed E-state index contributed by atoms with van der Waals surface area (Å²) in [7, 11) is 0. The first-order valence-electron chi connectivity index (χ1n) is 5.88. The fourth-order valence-corrected chi connectivity index (χ4v) is 1.77. The summed E-state index contributed by atoms with van der Waals surface area (Å²) in [6.07, 6.45) is 2.49. The van der Waals surface area contributed by atoms with Gasteiger partial charge in [-0.1, -0.05) is 0 Å². The van der Waals surface area contributed by atoms with Gasteiger partial charge in [-0.25, -0.2) is 0 Å². The van der Waals surface area contributed by atoms with Crippen LogP contribution in [0.4, 0.5) is 0 Å². The number of aldehydes is 1. The molecule has 2 fully saturated rings. The molecular weight excluding hydrogens is 222 g/mol. The summed E-state index contributed by atoms with van der Waals surface area (Å²) in [5, 5.41) is 0. The number of rotatable bonds is 4. The number of carbonyl (C=O) groups is 2. The first-order chi connectivity index (χ1) is 7.93. The molecule has 5 nitrogen and oxygen atoms in total. The maximum absolute atomic E-state index is 10.0. The van der Waals surface area contributed by atoms with Gasteiger partial charge < -0.3 is 14.3 Å². The molecule has 2 aliphatic heterocycles. The van der Waals surface area contributed by atoms with E-state index in [1.165, 1.54) is 0 Å². The largest absolute Gasteiger partial charge is 0.462 e. The molecule has 2 aliphatic rings. The highest BCUT2D eigenvalue weighted by atomic mass is 16.5. The molecule has 0 aromatic heterocycles. The Hall–Kier alpha value is -0.940. The zero-order valence-corrected chi connectivity index (χ0v) is 10.8. The Labute approximate surface area is 102 Å². The van der Waals surface area contributed by atoms with E-state index in [4.69, 9.17) is 4.74 Å². The van der Waals surface area contributed by atoms with Crippen LogP contribution in [0.1, 0.15) is 33.6 Å². The minimum atomic E-state index is -0.318. The van der Waals surface area contributed by atoms with Crippen LogP contribution in [0.2, 0.25) is 0 Å². The highest BCUT2D eigenvalue weighted by Gasteiger charge is 2.56. The lowest BCUT2D eigenvalue weighted by atomic mass is 10.2. The number of carbonyl (C=O) groups excluding carboxylic acids is 2. The molecule has 17 heavy (non-hydrogen) atoms. The molecule has 0 bridgehead atoms. The zero-order valence-electron chi connectivity index (χ0n) is 10.8. The van der Waals surface area contributed by atoms with E-state index in [0.29, 0.717) is 12.9 Å². The van der Waals surface area contributed by atoms with Gasteiger partial charge in [0.1, 0.15) is 17.6 Å². The molecule has 2 rings (SSSR count). The second-order valence-corrected chi connectivity index (χ2v) is 5.25. The molecule has 2 atom stereocenters. The smallest absolute Gasteiger partial charge is 0.293 e. The van der Waals surface area contributed by atoms with Crippen molar-refractivity contribution in [1.29, 1.82) is 0 Å². The van der Waals surface area contributed by atoms with E-state index in [1.54, 1.807) is 0 Å². The predicted octanol–water partition coefficient (Wildman–Crippen LogP) is 0.965. The van der Waals surface area contributed by atoms with E-state index < -0.39 is 0 Å². The third-order valence-corrected chi connectivity index (χ3v) is 2.70. The van der Waals surface area contributed by atoms with E-state index in [-0.39, 0.29) is 11.3 Å². The van der Waals surface area contributed by atoms with E-state index in [2.05, 4.69) is 9.64 Å². The third kappa shape index (κ3) is 4.44. The van der Waals surface area contributed by atoms with Gasteiger partial charge in [0.2, 0.25) is 0 Å². The summed E-state index contributed by atoms with van der Waals surface area (Å²) >= 11 is 0. The van der Waals surface area contributed by atoms with Gasteiger partial charge in [-0.2, -0.15) is 0 Å². The van der Waals surface area contributed by atoms with Crippen molar-refractivity contribution in [3.63, 3.8) is 0 Å². The quantitative estimate of drug-likeness (QED) is 0.544. The summed E-state index contributed by atoms with van der Waals surface area (Å²) in [6.45, 7) is 8.86. The first-order valence-corrected chi connectivity index (χ1v) is 5.88. The minimum absolute atomic E-state index is 0.0148. The number of ether oxygens (including phenoxy) is 2. The molecule has 0 aliphatic carbocycles. The molecule has 98 valence electrons. The van der Waals surface area contributed by atoms with Crippen LogP contribution in [-0.4, -0.2) is 48.7 Å². The van der Waals surface area contributed by atoms with Gasteiger partial charge in [-0.3, -0.25) is 9.69 Å². The van der Waals surface area contributed by atoms with E-state index in [9.17, 15) is 9.59 Å². The average molecular weight is 243 g/mol. The third-order valence-electron chi connectivity index (χ3n) is 2.70. The Morgan fingerprint density at radius 1 is 1.41 bits per heavy atom. The molecule has 2 heterocycles. The summed E-state index contributed by atoms with van der Waals surface area (Å²) < 4.78 is 10.0. The van der Waals surface area contributed by atoms with Crippen LogP contribution in [0.5, 0.6) is 0 Å². The van der Waals surface area contributed by atoms with Crippen molar-refractivity contribution in [2.24, 2.45) is 0 Å². The van der Waals surface area contributed by atoms with Gasteiger partial charge in [0.15, 0.2) is 0 Å². The molecule has 0 amide bonds. The molecule has 2 saturated heterocycles. The predicted molar refractivity (Wildman–Crippen MR) is 62.5 cm³/mol. The zero-order chi connectivity index (χ0) is 12.9. The Balaban J connectivity index is 0.000000185. The van der Waals surface area contributed by atoms with Gasteiger partial charge in [0.05, 0.1) is 6.61 Å². The molecule has 2 unspecified atom stereocenters. The molecule has 0 saturated carbocycles. The standard InChI is InChI=1S/C7H11NO2.C5H10O2/c9-4-1-2-7-6-8(7)3-5-10-7;1-5(2,3)7-4-6/h4H,1-3,5-6H2;4H,1-3H3. The van der Waals surface area contributed by atoms with Gasteiger partial charge in [-0.05, 0) is 27.2 Å². The molecule has 0 radical (unpaired) electrons. The summed E-state index contributed by atoms with van der Waals surface area (Å²) in [4.78, 5) is 21.9. The van der Waals surface area contributed by atoms with Crippen molar-refractivity contribution in [3.05, 3.63) is 0 Å². The first kappa shape index (κ1) is 14.1. The minimum Gasteiger partial charge on any atom is -0.462 e. The van der Waals surface area contributed by atoms with Crippen LogP contribution in [0.15, 0.2) is 0 Å². The normalized spacial score (nSPS) is 29.7. The van der Waals surface area contributed by atoms with Crippen LogP contribution in [0.3, 0.4) is 0 Å². The topological polar surface area (TPSA) is 55.6 Å². The van der Waals surface area contributed by atoms with Crippen molar-refractivity contribution < 1.29 is 19.1 Å². The summed E-state index contributed by atoms with van der Waals surface area (Å²) in [6, 6.07) is 0. The van der Waals surface area contributed by atoms with Crippen molar-refractivity contribution in [1.82, 2.24) is 4.90 Å². The lowest BCUT2D eigenvalue weighted by Gasteiger charge is -2.14. The van der Waals surface area contributed by atoms with Crippen LogP contribution < -0.4 is 0 Å². The second kappa shape index (κ2) is 5.60. The van der Waals surface area contributed by atoms with Crippen LogP contribution in [0.25, 0.3) is 0 Å². The SMILES string of the molecule is CC(C)(C)OC=O.O=CCCC12CN1CCO2. The molecule has 0 N–H and O–H groups in total. The number of nitrogens with zero attached hydrogens (tertiary/aromatic N) is 1. The van der Waals surface area contributed by atoms with Crippen molar-refractivity contribution in [2.75, 3.05) is 19.7 Å². The Kier molecular flexibility index (Phi) is 4.65. The summed E-state index contributed by atoms with van der Waals surface area (Å²) in [5.74, 6) is 0. The van der Waals surface area contributed by atoms with Crippen LogP contribution >= 0.6 is 0 Å². The number of fused-ring (bicyclic) bond motifs is 1.